The van der Waals surface area contributed by atoms with E-state index in [2.05, 4.69) is 15.6 Å². The van der Waals surface area contributed by atoms with Crippen molar-refractivity contribution in [3.05, 3.63) is 6.20 Å². The first kappa shape index (κ1) is 10.0. The normalized spacial score (nSPS) is 23.6. The van der Waals surface area contributed by atoms with Crippen LogP contribution in [0.4, 0.5) is 5.82 Å². The molecule has 6 heteroatoms. The summed E-state index contributed by atoms with van der Waals surface area (Å²) in [6.45, 7) is 2.25. The number of nitrogens with zero attached hydrogens (tertiary/aromatic N) is 3. The second-order valence-corrected chi connectivity index (χ2v) is 4.63. The van der Waals surface area contributed by atoms with Crippen LogP contribution >= 0.6 is 0 Å². The maximum Gasteiger partial charge on any atom is 0.177 e. The lowest BCUT2D eigenvalue weighted by molar-refractivity contribution is -0.213. The molecule has 1 saturated heterocycles. The van der Waals surface area contributed by atoms with Crippen molar-refractivity contribution < 1.29 is 9.47 Å². The van der Waals surface area contributed by atoms with E-state index in [4.69, 9.17) is 9.47 Å². The molecule has 1 aromatic rings. The Hall–Kier alpha value is -1.14. The fraction of sp³-hybridized carbons (Fsp3) is 0.800. The summed E-state index contributed by atoms with van der Waals surface area (Å²) in [7, 11) is 1.82. The molecule has 3 rings (SSSR count). The maximum absolute atomic E-state index is 5.67. The largest absolute Gasteiger partial charge is 0.370 e. The third kappa shape index (κ3) is 1.90. The van der Waals surface area contributed by atoms with Gasteiger partial charge < -0.3 is 14.8 Å². The van der Waals surface area contributed by atoms with Gasteiger partial charge in [-0.15, -0.1) is 5.10 Å². The molecule has 2 heterocycles. The molecular weight excluding hydrogens is 208 g/mol. The first-order valence-electron chi connectivity index (χ1n) is 5.61. The molecule has 0 aromatic carbocycles. The van der Waals surface area contributed by atoms with Crippen LogP contribution in [0.25, 0.3) is 0 Å². The average molecular weight is 224 g/mol. The van der Waals surface area contributed by atoms with Gasteiger partial charge in [-0.1, -0.05) is 5.21 Å². The van der Waals surface area contributed by atoms with Gasteiger partial charge >= 0.3 is 0 Å². The summed E-state index contributed by atoms with van der Waals surface area (Å²) in [5.41, 5.74) is 0.356. The van der Waals surface area contributed by atoms with Crippen molar-refractivity contribution >= 4 is 5.82 Å². The van der Waals surface area contributed by atoms with Crippen LogP contribution in [0.1, 0.15) is 12.8 Å². The van der Waals surface area contributed by atoms with E-state index >= 15 is 0 Å². The number of ether oxygens (including phenoxy) is 2. The van der Waals surface area contributed by atoms with Crippen molar-refractivity contribution in [2.75, 3.05) is 25.6 Å². The third-order valence-electron chi connectivity index (χ3n) is 3.24. The minimum atomic E-state index is -0.183. The Balaban J connectivity index is 1.54. The highest BCUT2D eigenvalue weighted by Crippen LogP contribution is 2.48. The van der Waals surface area contributed by atoms with E-state index in [1.807, 2.05) is 13.2 Å². The highest BCUT2D eigenvalue weighted by molar-refractivity contribution is 5.27. The second-order valence-electron chi connectivity index (χ2n) is 4.63. The minimum absolute atomic E-state index is 0.183. The maximum atomic E-state index is 5.67. The Morgan fingerprint density at radius 1 is 1.50 bits per heavy atom. The van der Waals surface area contributed by atoms with Crippen LogP contribution < -0.4 is 5.32 Å². The van der Waals surface area contributed by atoms with Crippen molar-refractivity contribution in [1.29, 1.82) is 0 Å². The molecule has 1 saturated carbocycles. The van der Waals surface area contributed by atoms with Crippen molar-refractivity contribution in [2.45, 2.75) is 25.7 Å². The monoisotopic (exact) mass is 224 g/mol. The Bertz CT molecular complexity index is 365. The second kappa shape index (κ2) is 3.71. The average Bonchev–Trinajstić information content (AvgIpc) is 2.90. The number of hydrogen-bond donors (Lipinski definition) is 1. The van der Waals surface area contributed by atoms with Gasteiger partial charge in [-0.25, -0.2) is 4.68 Å². The van der Waals surface area contributed by atoms with Gasteiger partial charge in [-0.3, -0.25) is 0 Å². The van der Waals surface area contributed by atoms with Crippen LogP contribution in [-0.2, 0) is 16.0 Å². The van der Waals surface area contributed by atoms with Gasteiger partial charge in [0.1, 0.15) is 0 Å². The number of rotatable bonds is 3. The van der Waals surface area contributed by atoms with Gasteiger partial charge in [-0.2, -0.15) is 0 Å². The zero-order valence-electron chi connectivity index (χ0n) is 9.35. The van der Waals surface area contributed by atoms with Crippen LogP contribution in [0.15, 0.2) is 6.20 Å². The molecule has 0 bridgehead atoms. The van der Waals surface area contributed by atoms with Gasteiger partial charge in [0.2, 0.25) is 0 Å². The third-order valence-corrected chi connectivity index (χ3v) is 3.24. The smallest absolute Gasteiger partial charge is 0.177 e. The standard InChI is InChI=1S/C10H16N4O2/c1-11-8-4-14(13-12-8)5-9-15-6-10(2-3-10)7-16-9/h4,9,11H,2-3,5-7H2,1H3. The summed E-state index contributed by atoms with van der Waals surface area (Å²) in [5.74, 6) is 0.759. The minimum Gasteiger partial charge on any atom is -0.370 e. The number of nitrogens with one attached hydrogen (secondary N) is 1. The molecule has 1 spiro atoms. The zero-order chi connectivity index (χ0) is 11.0. The molecule has 1 aromatic heterocycles. The highest BCUT2D eigenvalue weighted by atomic mass is 16.7. The van der Waals surface area contributed by atoms with Gasteiger partial charge in [0, 0.05) is 12.5 Å². The van der Waals surface area contributed by atoms with Crippen molar-refractivity contribution in [2.24, 2.45) is 5.41 Å². The fourth-order valence-electron chi connectivity index (χ4n) is 1.86. The molecule has 0 amide bonds. The predicted molar refractivity (Wildman–Crippen MR) is 56.9 cm³/mol. The first-order chi connectivity index (χ1) is 7.80. The summed E-state index contributed by atoms with van der Waals surface area (Å²) in [6.07, 6.45) is 4.14. The topological polar surface area (TPSA) is 61.2 Å². The number of anilines is 1. The number of aromatic nitrogens is 3. The van der Waals surface area contributed by atoms with Gasteiger partial charge in [0.25, 0.3) is 0 Å². The lowest BCUT2D eigenvalue weighted by Crippen LogP contribution is -2.36. The lowest BCUT2D eigenvalue weighted by Gasteiger charge is -2.29. The molecular formula is C10H16N4O2. The Morgan fingerprint density at radius 2 is 2.25 bits per heavy atom. The van der Waals surface area contributed by atoms with Crippen molar-refractivity contribution in [3.8, 4) is 0 Å². The summed E-state index contributed by atoms with van der Waals surface area (Å²) in [6, 6.07) is 0. The van der Waals surface area contributed by atoms with Crippen LogP contribution in [0.2, 0.25) is 0 Å². The van der Waals surface area contributed by atoms with Crippen molar-refractivity contribution in [1.82, 2.24) is 15.0 Å². The summed E-state index contributed by atoms with van der Waals surface area (Å²) < 4.78 is 13.1. The molecule has 2 aliphatic rings. The van der Waals surface area contributed by atoms with E-state index in [0.717, 1.165) is 19.0 Å². The molecule has 6 nitrogen and oxygen atoms in total. The Labute approximate surface area is 93.9 Å². The quantitative estimate of drug-likeness (QED) is 0.808. The van der Waals surface area contributed by atoms with Gasteiger partial charge in [-0.05, 0) is 12.8 Å². The molecule has 0 unspecified atom stereocenters. The summed E-state index contributed by atoms with van der Waals surface area (Å²) >= 11 is 0. The molecule has 0 radical (unpaired) electrons. The molecule has 88 valence electrons. The molecule has 0 atom stereocenters. The van der Waals surface area contributed by atoms with E-state index in [9.17, 15) is 0 Å². The van der Waals surface area contributed by atoms with E-state index < -0.39 is 0 Å². The molecule has 2 fully saturated rings. The SMILES string of the molecule is CNc1cn(CC2OCC3(CC3)CO2)nn1. The predicted octanol–water partition coefficient (Wildman–Crippen LogP) is 0.473. The van der Waals surface area contributed by atoms with E-state index in [1.165, 1.54) is 12.8 Å². The van der Waals surface area contributed by atoms with E-state index in [0.29, 0.717) is 12.0 Å². The fourth-order valence-corrected chi connectivity index (χ4v) is 1.86. The molecule has 1 N–H and O–H groups in total. The molecule has 1 aliphatic heterocycles. The van der Waals surface area contributed by atoms with E-state index in [1.54, 1.807) is 4.68 Å². The summed E-state index contributed by atoms with van der Waals surface area (Å²) in [5, 5.41) is 10.8. The zero-order valence-corrected chi connectivity index (χ0v) is 9.35. The van der Waals surface area contributed by atoms with Crippen LogP contribution in [0.5, 0.6) is 0 Å². The van der Waals surface area contributed by atoms with Crippen LogP contribution in [-0.4, -0.2) is 41.5 Å². The van der Waals surface area contributed by atoms with Crippen molar-refractivity contribution in [3.63, 3.8) is 0 Å². The number of hydrogen-bond acceptors (Lipinski definition) is 5. The Kier molecular flexibility index (Phi) is 2.33. The molecule has 16 heavy (non-hydrogen) atoms. The van der Waals surface area contributed by atoms with Gasteiger partial charge in [0.15, 0.2) is 12.1 Å². The van der Waals surface area contributed by atoms with Crippen LogP contribution in [0, 0.1) is 5.41 Å². The van der Waals surface area contributed by atoms with Gasteiger partial charge in [0.05, 0.1) is 26.0 Å². The first-order valence-corrected chi connectivity index (χ1v) is 5.61. The Morgan fingerprint density at radius 3 is 2.81 bits per heavy atom. The van der Waals surface area contributed by atoms with Crippen LogP contribution in [0.3, 0.4) is 0 Å². The highest BCUT2D eigenvalue weighted by Gasteiger charge is 2.46. The lowest BCUT2D eigenvalue weighted by atomic mass is 10.1. The summed E-state index contributed by atoms with van der Waals surface area (Å²) in [4.78, 5) is 0. The molecule has 1 aliphatic carbocycles. The van der Waals surface area contributed by atoms with E-state index in [-0.39, 0.29) is 6.29 Å².